The third-order valence-corrected chi connectivity index (χ3v) is 3.48. The maximum Gasteiger partial charge on any atom is 0.322 e. The number of ether oxygens (including phenoxy) is 1. The van der Waals surface area contributed by atoms with Gasteiger partial charge in [0.2, 0.25) is 11.2 Å². The maximum absolute atomic E-state index is 5.99. The van der Waals surface area contributed by atoms with Crippen LogP contribution in [0.5, 0.6) is 6.01 Å². The van der Waals surface area contributed by atoms with Gasteiger partial charge in [0.05, 0.1) is 6.61 Å². The van der Waals surface area contributed by atoms with Crippen molar-refractivity contribution in [2.45, 2.75) is 32.7 Å². The third kappa shape index (κ3) is 3.93. The van der Waals surface area contributed by atoms with Gasteiger partial charge in [0.15, 0.2) is 0 Å². The van der Waals surface area contributed by atoms with Gasteiger partial charge in [0.1, 0.15) is 0 Å². The first-order valence-corrected chi connectivity index (χ1v) is 7.47. The molecule has 7 heteroatoms. The van der Waals surface area contributed by atoms with Gasteiger partial charge in [-0.05, 0) is 45.0 Å². The van der Waals surface area contributed by atoms with Gasteiger partial charge >= 0.3 is 6.01 Å². The number of halogens is 1. The number of anilines is 1. The molecular weight excluding hydrogens is 278 g/mol. The molecule has 0 N–H and O–H groups in total. The second-order valence-electron chi connectivity index (χ2n) is 5.19. The van der Waals surface area contributed by atoms with Crippen molar-refractivity contribution < 1.29 is 4.74 Å². The van der Waals surface area contributed by atoms with Crippen LogP contribution in [0.1, 0.15) is 26.7 Å². The second kappa shape index (κ2) is 7.04. The molecular formula is C13H22ClN5O. The van der Waals surface area contributed by atoms with E-state index in [4.69, 9.17) is 16.3 Å². The fraction of sp³-hybridized carbons (Fsp3) is 0.769. The number of likely N-dealkylation sites (N-methyl/N-ethyl adjacent to an activating group) is 1. The molecule has 1 aliphatic rings. The first-order chi connectivity index (χ1) is 9.60. The van der Waals surface area contributed by atoms with Crippen molar-refractivity contribution in [1.29, 1.82) is 0 Å². The predicted octanol–water partition coefficient (Wildman–Crippen LogP) is 1.84. The van der Waals surface area contributed by atoms with Crippen molar-refractivity contribution in [1.82, 2.24) is 19.9 Å². The molecule has 0 aromatic carbocycles. The highest BCUT2D eigenvalue weighted by Gasteiger charge is 2.23. The molecule has 0 bridgehead atoms. The van der Waals surface area contributed by atoms with E-state index in [-0.39, 0.29) is 5.28 Å². The van der Waals surface area contributed by atoms with Crippen LogP contribution in [-0.4, -0.2) is 59.2 Å². The minimum absolute atomic E-state index is 0.186. The van der Waals surface area contributed by atoms with Gasteiger partial charge in [-0.15, -0.1) is 0 Å². The fourth-order valence-electron chi connectivity index (χ4n) is 2.38. The first-order valence-electron chi connectivity index (χ1n) is 7.09. The lowest BCUT2D eigenvalue weighted by atomic mass is 10.3. The van der Waals surface area contributed by atoms with E-state index in [0.29, 0.717) is 24.6 Å². The highest BCUT2D eigenvalue weighted by Crippen LogP contribution is 2.19. The van der Waals surface area contributed by atoms with Crippen molar-refractivity contribution in [2.75, 3.05) is 38.2 Å². The molecule has 20 heavy (non-hydrogen) atoms. The van der Waals surface area contributed by atoms with Crippen LogP contribution >= 0.6 is 11.6 Å². The SMILES string of the molecule is CCCOc1nc(Cl)nc(N2CCCN(C)CC2C)n1. The van der Waals surface area contributed by atoms with Gasteiger partial charge in [-0.3, -0.25) is 0 Å². The summed E-state index contributed by atoms with van der Waals surface area (Å²) < 4.78 is 5.47. The number of hydrogen-bond acceptors (Lipinski definition) is 6. The minimum atomic E-state index is 0.186. The lowest BCUT2D eigenvalue weighted by Gasteiger charge is -2.27. The van der Waals surface area contributed by atoms with Crippen molar-refractivity contribution in [3.63, 3.8) is 0 Å². The van der Waals surface area contributed by atoms with E-state index >= 15 is 0 Å². The Hall–Kier alpha value is -1.14. The summed E-state index contributed by atoms with van der Waals surface area (Å²) in [6.07, 6.45) is 1.98. The Bertz CT molecular complexity index is 445. The molecule has 2 rings (SSSR count). The molecule has 112 valence electrons. The summed E-state index contributed by atoms with van der Waals surface area (Å²) >= 11 is 5.99. The van der Waals surface area contributed by atoms with Gasteiger partial charge in [-0.2, -0.15) is 15.0 Å². The first kappa shape index (κ1) is 15.3. The Morgan fingerprint density at radius 1 is 1.30 bits per heavy atom. The molecule has 1 saturated heterocycles. The summed E-state index contributed by atoms with van der Waals surface area (Å²) in [4.78, 5) is 17.2. The lowest BCUT2D eigenvalue weighted by Crippen LogP contribution is -2.39. The van der Waals surface area contributed by atoms with Gasteiger partial charge in [0, 0.05) is 19.1 Å². The van der Waals surface area contributed by atoms with Crippen molar-refractivity contribution >= 4 is 17.5 Å². The van der Waals surface area contributed by atoms with Crippen molar-refractivity contribution in [3.8, 4) is 6.01 Å². The molecule has 1 aromatic heterocycles. The molecule has 1 fully saturated rings. The molecule has 0 amide bonds. The van der Waals surface area contributed by atoms with Crippen LogP contribution in [-0.2, 0) is 0 Å². The zero-order chi connectivity index (χ0) is 14.5. The van der Waals surface area contributed by atoms with E-state index in [9.17, 15) is 0 Å². The average molecular weight is 300 g/mol. The molecule has 1 atom stereocenters. The third-order valence-electron chi connectivity index (χ3n) is 3.31. The quantitative estimate of drug-likeness (QED) is 0.846. The number of rotatable bonds is 4. The maximum atomic E-state index is 5.99. The summed E-state index contributed by atoms with van der Waals surface area (Å²) in [5.74, 6) is 0.610. The predicted molar refractivity (Wildman–Crippen MR) is 79.5 cm³/mol. The molecule has 0 saturated carbocycles. The van der Waals surface area contributed by atoms with E-state index in [2.05, 4.69) is 38.7 Å². The Labute approximate surface area is 125 Å². The second-order valence-corrected chi connectivity index (χ2v) is 5.53. The van der Waals surface area contributed by atoms with Crippen LogP contribution in [0.3, 0.4) is 0 Å². The topological polar surface area (TPSA) is 54.4 Å². The zero-order valence-electron chi connectivity index (χ0n) is 12.3. The zero-order valence-corrected chi connectivity index (χ0v) is 13.1. The van der Waals surface area contributed by atoms with E-state index < -0.39 is 0 Å². The summed E-state index contributed by atoms with van der Waals surface area (Å²) in [6, 6.07) is 0.645. The molecule has 0 radical (unpaired) electrons. The largest absolute Gasteiger partial charge is 0.463 e. The molecule has 0 spiro atoms. The Kier molecular flexibility index (Phi) is 5.37. The Morgan fingerprint density at radius 2 is 2.10 bits per heavy atom. The standard InChI is InChI=1S/C13H22ClN5O/c1-4-8-20-13-16-11(14)15-12(17-13)19-7-5-6-18(3)9-10(19)2/h10H,4-9H2,1-3H3. The highest BCUT2D eigenvalue weighted by atomic mass is 35.5. The van der Waals surface area contributed by atoms with Crippen LogP contribution in [0.25, 0.3) is 0 Å². The summed E-state index contributed by atoms with van der Waals surface area (Å²) in [6.45, 7) is 7.77. The molecule has 1 aliphatic heterocycles. The van der Waals surface area contributed by atoms with Crippen molar-refractivity contribution in [2.24, 2.45) is 0 Å². The smallest absolute Gasteiger partial charge is 0.322 e. The molecule has 0 aliphatic carbocycles. The Morgan fingerprint density at radius 3 is 2.85 bits per heavy atom. The van der Waals surface area contributed by atoms with E-state index in [1.54, 1.807) is 0 Å². The van der Waals surface area contributed by atoms with Crippen LogP contribution in [0.4, 0.5) is 5.95 Å². The van der Waals surface area contributed by atoms with Gasteiger partial charge < -0.3 is 14.5 Å². The molecule has 2 heterocycles. The summed E-state index contributed by atoms with van der Waals surface area (Å²) in [5, 5.41) is 0.186. The number of hydrogen-bond donors (Lipinski definition) is 0. The van der Waals surface area contributed by atoms with Crippen LogP contribution < -0.4 is 9.64 Å². The fourth-order valence-corrected chi connectivity index (χ4v) is 2.53. The van der Waals surface area contributed by atoms with Crippen molar-refractivity contribution in [3.05, 3.63) is 5.28 Å². The van der Waals surface area contributed by atoms with Crippen LogP contribution in [0, 0.1) is 0 Å². The molecule has 6 nitrogen and oxygen atoms in total. The number of nitrogens with zero attached hydrogens (tertiary/aromatic N) is 5. The van der Waals surface area contributed by atoms with E-state index in [1.165, 1.54) is 0 Å². The van der Waals surface area contributed by atoms with Gasteiger partial charge in [0.25, 0.3) is 0 Å². The summed E-state index contributed by atoms with van der Waals surface area (Å²) in [5.41, 5.74) is 0. The van der Waals surface area contributed by atoms with E-state index in [0.717, 1.165) is 32.5 Å². The lowest BCUT2D eigenvalue weighted by molar-refractivity contribution is 0.291. The highest BCUT2D eigenvalue weighted by molar-refractivity contribution is 6.28. The normalized spacial score (nSPS) is 20.8. The van der Waals surface area contributed by atoms with E-state index in [1.807, 2.05) is 6.92 Å². The minimum Gasteiger partial charge on any atom is -0.463 e. The molecule has 1 unspecified atom stereocenters. The summed E-state index contributed by atoms with van der Waals surface area (Å²) in [7, 11) is 2.14. The van der Waals surface area contributed by atoms with Gasteiger partial charge in [-0.1, -0.05) is 6.92 Å². The Balaban J connectivity index is 2.19. The van der Waals surface area contributed by atoms with Gasteiger partial charge in [-0.25, -0.2) is 0 Å². The monoisotopic (exact) mass is 299 g/mol. The molecule has 1 aromatic rings. The van der Waals surface area contributed by atoms with Crippen LogP contribution in [0.15, 0.2) is 0 Å². The average Bonchev–Trinajstić information content (AvgIpc) is 2.56. The van der Waals surface area contributed by atoms with Crippen LogP contribution in [0.2, 0.25) is 5.28 Å². The number of aromatic nitrogens is 3.